The Hall–Kier alpha value is -3.03. The third kappa shape index (κ3) is 5.31. The number of nitrogens with zero attached hydrogens (tertiary/aromatic N) is 1. The Morgan fingerprint density at radius 3 is 2.58 bits per heavy atom. The Balaban J connectivity index is 2.11. The molecule has 3 rings (SSSR count). The van der Waals surface area contributed by atoms with Crippen LogP contribution in [0.1, 0.15) is 36.9 Å². The van der Waals surface area contributed by atoms with E-state index in [2.05, 4.69) is 0 Å². The molecule has 1 aliphatic rings. The number of likely N-dealkylation sites (tertiary alicyclic amines) is 1. The summed E-state index contributed by atoms with van der Waals surface area (Å²) in [7, 11) is 3.06. The molecular formula is C25H28ClNO6. The molecule has 0 spiro atoms. The summed E-state index contributed by atoms with van der Waals surface area (Å²) in [5.41, 5.74) is 0.992. The number of aliphatic hydroxyl groups excluding tert-OH is 1. The van der Waals surface area contributed by atoms with Crippen LogP contribution in [0.3, 0.4) is 0 Å². The van der Waals surface area contributed by atoms with E-state index >= 15 is 0 Å². The van der Waals surface area contributed by atoms with Crippen LogP contribution in [0.25, 0.3) is 5.76 Å². The third-order valence-corrected chi connectivity index (χ3v) is 5.65. The molecule has 0 aliphatic carbocycles. The van der Waals surface area contributed by atoms with E-state index in [1.54, 1.807) is 31.4 Å². The maximum atomic E-state index is 13.1. The van der Waals surface area contributed by atoms with Gasteiger partial charge in [0.05, 0.1) is 30.4 Å². The van der Waals surface area contributed by atoms with E-state index in [4.69, 9.17) is 25.8 Å². The van der Waals surface area contributed by atoms with Crippen LogP contribution in [0.5, 0.6) is 11.5 Å². The predicted molar refractivity (Wildman–Crippen MR) is 126 cm³/mol. The monoisotopic (exact) mass is 473 g/mol. The molecule has 1 N–H and O–H groups in total. The molecular weight excluding hydrogens is 446 g/mol. The fraction of sp³-hybridized carbons (Fsp3) is 0.360. The number of benzene rings is 2. The number of aliphatic hydroxyl groups is 1. The first-order valence-corrected chi connectivity index (χ1v) is 11.1. The first kappa shape index (κ1) is 24.6. The summed E-state index contributed by atoms with van der Waals surface area (Å²) < 4.78 is 16.0. The second kappa shape index (κ2) is 11.2. The first-order valence-electron chi connectivity index (χ1n) is 10.8. The molecule has 2 aromatic carbocycles. The highest BCUT2D eigenvalue weighted by Crippen LogP contribution is 2.41. The molecule has 176 valence electrons. The molecule has 1 aliphatic heterocycles. The van der Waals surface area contributed by atoms with Crippen molar-refractivity contribution in [2.24, 2.45) is 0 Å². The first-order chi connectivity index (χ1) is 15.9. The average molecular weight is 474 g/mol. The van der Waals surface area contributed by atoms with Crippen molar-refractivity contribution in [3.8, 4) is 11.5 Å². The molecule has 1 saturated heterocycles. The number of rotatable bonds is 10. The van der Waals surface area contributed by atoms with Gasteiger partial charge in [0, 0.05) is 25.8 Å². The number of ketones is 1. The number of hydrogen-bond donors (Lipinski definition) is 1. The van der Waals surface area contributed by atoms with Crippen LogP contribution in [0.4, 0.5) is 0 Å². The molecule has 33 heavy (non-hydrogen) atoms. The highest BCUT2D eigenvalue weighted by Gasteiger charge is 2.45. The number of ether oxygens (including phenoxy) is 3. The molecule has 1 atom stereocenters. The lowest BCUT2D eigenvalue weighted by Gasteiger charge is -2.25. The van der Waals surface area contributed by atoms with E-state index in [0.717, 1.165) is 6.42 Å². The number of hydrogen-bond acceptors (Lipinski definition) is 6. The zero-order chi connectivity index (χ0) is 24.0. The van der Waals surface area contributed by atoms with Crippen molar-refractivity contribution in [2.45, 2.75) is 25.8 Å². The molecule has 0 saturated carbocycles. The molecule has 0 aromatic heterocycles. The van der Waals surface area contributed by atoms with Crippen molar-refractivity contribution >= 4 is 29.1 Å². The predicted octanol–water partition coefficient (Wildman–Crippen LogP) is 4.60. The summed E-state index contributed by atoms with van der Waals surface area (Å²) >= 11 is 6.23. The summed E-state index contributed by atoms with van der Waals surface area (Å²) in [5.74, 6) is -0.647. The lowest BCUT2D eigenvalue weighted by atomic mass is 9.95. The summed E-state index contributed by atoms with van der Waals surface area (Å²) in [6, 6.07) is 11.2. The molecule has 2 aromatic rings. The molecule has 1 heterocycles. The summed E-state index contributed by atoms with van der Waals surface area (Å²) in [4.78, 5) is 27.5. The van der Waals surface area contributed by atoms with Gasteiger partial charge in [-0.25, -0.2) is 0 Å². The van der Waals surface area contributed by atoms with E-state index in [-0.39, 0.29) is 16.4 Å². The number of carbonyl (C=O) groups is 2. The van der Waals surface area contributed by atoms with Gasteiger partial charge < -0.3 is 24.2 Å². The van der Waals surface area contributed by atoms with Crippen LogP contribution in [0.2, 0.25) is 5.02 Å². The molecule has 8 heteroatoms. The van der Waals surface area contributed by atoms with Crippen LogP contribution in [0.15, 0.2) is 48.0 Å². The van der Waals surface area contributed by atoms with Gasteiger partial charge in [0.1, 0.15) is 17.3 Å². The molecule has 0 bridgehead atoms. The Kier molecular flexibility index (Phi) is 8.36. The van der Waals surface area contributed by atoms with Gasteiger partial charge in [-0.15, -0.1) is 0 Å². The van der Waals surface area contributed by atoms with Crippen molar-refractivity contribution in [3.63, 3.8) is 0 Å². The van der Waals surface area contributed by atoms with Crippen molar-refractivity contribution in [1.29, 1.82) is 0 Å². The van der Waals surface area contributed by atoms with E-state index in [1.807, 2.05) is 19.1 Å². The Morgan fingerprint density at radius 2 is 1.91 bits per heavy atom. The normalized spacial score (nSPS) is 17.5. The minimum absolute atomic E-state index is 0.00583. The second-order valence-electron chi connectivity index (χ2n) is 7.61. The Labute approximate surface area is 198 Å². The van der Waals surface area contributed by atoms with E-state index in [1.165, 1.54) is 18.1 Å². The summed E-state index contributed by atoms with van der Waals surface area (Å²) in [6.45, 7) is 3.28. The molecule has 0 radical (unpaired) electrons. The minimum Gasteiger partial charge on any atom is -0.507 e. The third-order valence-electron chi connectivity index (χ3n) is 5.36. The average Bonchev–Trinajstić information content (AvgIpc) is 3.07. The SMILES string of the molecule is CCCOc1cccc(C2/C(=C(\O)c3ccc(OC)c(Cl)c3)C(=O)C(=O)N2CCCOC)c1. The zero-order valence-corrected chi connectivity index (χ0v) is 19.7. The number of Topliss-reactive ketones (excluding diaryl/α,β-unsaturated/α-hetero) is 1. The van der Waals surface area contributed by atoms with Gasteiger partial charge in [-0.3, -0.25) is 9.59 Å². The van der Waals surface area contributed by atoms with Crippen LogP contribution in [-0.2, 0) is 14.3 Å². The number of halogens is 1. The quantitative estimate of drug-likeness (QED) is 0.235. The van der Waals surface area contributed by atoms with Crippen LogP contribution in [0, 0.1) is 0 Å². The van der Waals surface area contributed by atoms with Gasteiger partial charge in [-0.2, -0.15) is 0 Å². The molecule has 1 amide bonds. The van der Waals surface area contributed by atoms with E-state index < -0.39 is 17.7 Å². The van der Waals surface area contributed by atoms with Crippen LogP contribution >= 0.6 is 11.6 Å². The summed E-state index contributed by atoms with van der Waals surface area (Å²) in [6.07, 6.45) is 1.39. The van der Waals surface area contributed by atoms with Crippen LogP contribution in [-0.4, -0.2) is 55.7 Å². The fourth-order valence-corrected chi connectivity index (χ4v) is 4.06. The number of methoxy groups -OCH3 is 2. The van der Waals surface area contributed by atoms with Crippen molar-refractivity contribution < 1.29 is 28.9 Å². The molecule has 1 unspecified atom stereocenters. The van der Waals surface area contributed by atoms with E-state index in [0.29, 0.717) is 48.8 Å². The van der Waals surface area contributed by atoms with Crippen LogP contribution < -0.4 is 9.47 Å². The smallest absolute Gasteiger partial charge is 0.295 e. The highest BCUT2D eigenvalue weighted by atomic mass is 35.5. The van der Waals surface area contributed by atoms with Gasteiger partial charge in [-0.1, -0.05) is 30.7 Å². The zero-order valence-electron chi connectivity index (χ0n) is 19.0. The maximum absolute atomic E-state index is 13.1. The largest absolute Gasteiger partial charge is 0.507 e. The number of amides is 1. The van der Waals surface area contributed by atoms with Gasteiger partial charge in [0.2, 0.25) is 0 Å². The van der Waals surface area contributed by atoms with Crippen molar-refractivity contribution in [3.05, 3.63) is 64.2 Å². The molecule has 1 fully saturated rings. The Bertz CT molecular complexity index is 1050. The number of carbonyl (C=O) groups excluding carboxylic acids is 2. The topological polar surface area (TPSA) is 85.3 Å². The fourth-order valence-electron chi connectivity index (χ4n) is 3.80. The standard InChI is InChI=1S/C25H28ClNO6/c1-4-12-33-18-8-5-7-16(14-18)22-21(24(29)25(30)27(22)11-6-13-31-2)23(28)17-9-10-20(32-3)19(26)15-17/h5,7-10,14-15,22,28H,4,6,11-13H2,1-3H3/b23-21+. The lowest BCUT2D eigenvalue weighted by molar-refractivity contribution is -0.140. The Morgan fingerprint density at radius 1 is 1.12 bits per heavy atom. The maximum Gasteiger partial charge on any atom is 0.295 e. The van der Waals surface area contributed by atoms with Crippen molar-refractivity contribution in [1.82, 2.24) is 4.90 Å². The van der Waals surface area contributed by atoms with Gasteiger partial charge in [0.15, 0.2) is 0 Å². The van der Waals surface area contributed by atoms with Gasteiger partial charge in [0.25, 0.3) is 11.7 Å². The van der Waals surface area contributed by atoms with E-state index in [9.17, 15) is 14.7 Å². The summed E-state index contributed by atoms with van der Waals surface area (Å²) in [5, 5.41) is 11.4. The second-order valence-corrected chi connectivity index (χ2v) is 8.02. The van der Waals surface area contributed by atoms with Gasteiger partial charge >= 0.3 is 0 Å². The highest BCUT2D eigenvalue weighted by molar-refractivity contribution is 6.46. The molecule has 7 nitrogen and oxygen atoms in total. The van der Waals surface area contributed by atoms with Crippen molar-refractivity contribution in [2.75, 3.05) is 34.0 Å². The van der Waals surface area contributed by atoms with Gasteiger partial charge in [-0.05, 0) is 48.7 Å². The minimum atomic E-state index is -0.770. The lowest BCUT2D eigenvalue weighted by Crippen LogP contribution is -2.31.